The van der Waals surface area contributed by atoms with Gasteiger partial charge in [-0.15, -0.1) is 0 Å². The molecule has 2 aliphatic heterocycles. The molecule has 6 nitrogen and oxygen atoms in total. The highest BCUT2D eigenvalue weighted by atomic mass is 16.2. The Balaban J connectivity index is 1.60. The first-order chi connectivity index (χ1) is 11.7. The van der Waals surface area contributed by atoms with Crippen molar-refractivity contribution in [1.29, 1.82) is 0 Å². The summed E-state index contributed by atoms with van der Waals surface area (Å²) in [4.78, 5) is 27.1. The highest BCUT2D eigenvalue weighted by Crippen LogP contribution is 2.22. The van der Waals surface area contributed by atoms with Crippen LogP contribution >= 0.6 is 0 Å². The van der Waals surface area contributed by atoms with Crippen LogP contribution in [0.3, 0.4) is 0 Å². The number of rotatable bonds is 5. The van der Waals surface area contributed by atoms with Crippen LogP contribution in [0.5, 0.6) is 0 Å². The molecule has 0 radical (unpaired) electrons. The molecule has 0 aromatic heterocycles. The molecule has 1 aromatic rings. The second-order valence-electron chi connectivity index (χ2n) is 6.61. The first-order valence-corrected chi connectivity index (χ1v) is 8.86. The molecule has 0 aliphatic carbocycles. The summed E-state index contributed by atoms with van der Waals surface area (Å²) in [6.07, 6.45) is 4.52. The largest absolute Gasteiger partial charge is 0.329 e. The van der Waals surface area contributed by atoms with E-state index >= 15 is 0 Å². The lowest BCUT2D eigenvalue weighted by molar-refractivity contribution is -0.138. The van der Waals surface area contributed by atoms with Gasteiger partial charge in [0.2, 0.25) is 11.8 Å². The number of carbonyl (C=O) groups is 2. The number of nitrogens with zero attached hydrogens (tertiary/aromatic N) is 1. The Bertz CT molecular complexity index is 578. The van der Waals surface area contributed by atoms with Gasteiger partial charge in [-0.25, -0.2) is 5.43 Å². The van der Waals surface area contributed by atoms with E-state index in [2.05, 4.69) is 23.1 Å². The zero-order valence-electron chi connectivity index (χ0n) is 14.1. The molecule has 0 spiro atoms. The average Bonchev–Trinajstić information content (AvgIpc) is 3.25. The number of benzene rings is 1. The van der Waals surface area contributed by atoms with Crippen LogP contribution in [-0.2, 0) is 9.59 Å². The molecule has 2 amide bonds. The molecule has 0 saturated carbocycles. The van der Waals surface area contributed by atoms with Crippen molar-refractivity contribution in [1.82, 2.24) is 15.8 Å². The predicted molar refractivity (Wildman–Crippen MR) is 93.2 cm³/mol. The number of likely N-dealkylation sites (tertiary alicyclic amines) is 1. The van der Waals surface area contributed by atoms with Gasteiger partial charge in [-0.05, 0) is 37.8 Å². The van der Waals surface area contributed by atoms with Crippen LogP contribution in [0.15, 0.2) is 30.3 Å². The van der Waals surface area contributed by atoms with Crippen molar-refractivity contribution in [3.8, 4) is 0 Å². The summed E-state index contributed by atoms with van der Waals surface area (Å²) in [5.74, 6) is -0.0603. The summed E-state index contributed by atoms with van der Waals surface area (Å²) < 4.78 is 0. The van der Waals surface area contributed by atoms with E-state index in [1.54, 1.807) is 4.90 Å². The predicted octanol–water partition coefficient (Wildman–Crippen LogP) is 1.65. The van der Waals surface area contributed by atoms with E-state index in [1.165, 1.54) is 0 Å². The number of para-hydroxylation sites is 1. The molecule has 2 heterocycles. The quantitative estimate of drug-likeness (QED) is 0.767. The number of hydrazine groups is 1. The number of hydrogen-bond donors (Lipinski definition) is 3. The third-order valence-corrected chi connectivity index (χ3v) is 4.80. The number of hydrogen-bond acceptors (Lipinski definition) is 4. The maximum Gasteiger partial charge on any atom is 0.247 e. The number of carbonyl (C=O) groups excluding carboxylic acids is 2. The summed E-state index contributed by atoms with van der Waals surface area (Å²) in [5.41, 5.74) is 7.07. The fourth-order valence-electron chi connectivity index (χ4n) is 3.57. The van der Waals surface area contributed by atoms with Crippen molar-refractivity contribution >= 4 is 17.5 Å². The van der Waals surface area contributed by atoms with Crippen LogP contribution in [-0.4, -0.2) is 41.4 Å². The average molecular weight is 330 g/mol. The van der Waals surface area contributed by atoms with Crippen molar-refractivity contribution in [3.63, 3.8) is 0 Å². The van der Waals surface area contributed by atoms with Crippen LogP contribution in [0.2, 0.25) is 0 Å². The summed E-state index contributed by atoms with van der Waals surface area (Å²) in [7, 11) is 0. The third-order valence-electron chi connectivity index (χ3n) is 4.80. The van der Waals surface area contributed by atoms with Gasteiger partial charge in [0.15, 0.2) is 0 Å². The molecule has 2 fully saturated rings. The molecule has 3 N–H and O–H groups in total. The van der Waals surface area contributed by atoms with E-state index in [1.807, 2.05) is 30.3 Å². The van der Waals surface area contributed by atoms with Crippen LogP contribution in [0.4, 0.5) is 5.69 Å². The zero-order chi connectivity index (χ0) is 16.9. The van der Waals surface area contributed by atoms with Gasteiger partial charge in [-0.2, -0.15) is 0 Å². The fourth-order valence-corrected chi connectivity index (χ4v) is 3.57. The smallest absolute Gasteiger partial charge is 0.247 e. The molecule has 0 bridgehead atoms. The van der Waals surface area contributed by atoms with Gasteiger partial charge >= 0.3 is 0 Å². The van der Waals surface area contributed by atoms with E-state index in [4.69, 9.17) is 0 Å². The Kier molecular flexibility index (Phi) is 5.48. The zero-order valence-corrected chi connectivity index (χ0v) is 14.1. The Labute approximate surface area is 143 Å². The minimum Gasteiger partial charge on any atom is -0.329 e. The molecule has 3 rings (SSSR count). The lowest BCUT2D eigenvalue weighted by atomic mass is 10.0. The van der Waals surface area contributed by atoms with Gasteiger partial charge in [0.1, 0.15) is 12.1 Å². The molecule has 3 atom stereocenters. The van der Waals surface area contributed by atoms with Crippen LogP contribution in [0.1, 0.15) is 39.0 Å². The molecule has 2 saturated heterocycles. The second-order valence-corrected chi connectivity index (χ2v) is 6.61. The normalized spacial score (nSPS) is 26.5. The van der Waals surface area contributed by atoms with Crippen LogP contribution < -0.4 is 16.2 Å². The first kappa shape index (κ1) is 16.9. The fraction of sp³-hybridized carbons (Fsp3) is 0.556. The summed E-state index contributed by atoms with van der Waals surface area (Å²) in [6, 6.07) is 9.13. The summed E-state index contributed by atoms with van der Waals surface area (Å²) in [6.45, 7) is 2.80. The van der Waals surface area contributed by atoms with Gasteiger partial charge in [0.25, 0.3) is 0 Å². The lowest BCUT2D eigenvalue weighted by Gasteiger charge is -2.26. The van der Waals surface area contributed by atoms with E-state index in [0.29, 0.717) is 12.6 Å². The van der Waals surface area contributed by atoms with Crippen LogP contribution in [0, 0.1) is 0 Å². The minimum absolute atomic E-state index is 0.0341. The van der Waals surface area contributed by atoms with E-state index in [0.717, 1.165) is 37.8 Å². The molecule has 6 heteroatoms. The third kappa shape index (κ3) is 3.76. The number of nitrogens with one attached hydrogen (secondary N) is 3. The Morgan fingerprint density at radius 3 is 2.79 bits per heavy atom. The first-order valence-electron chi connectivity index (χ1n) is 8.86. The summed E-state index contributed by atoms with van der Waals surface area (Å²) >= 11 is 0. The van der Waals surface area contributed by atoms with Gasteiger partial charge in [-0.3, -0.25) is 15.0 Å². The van der Waals surface area contributed by atoms with Crippen molar-refractivity contribution in [2.75, 3.05) is 11.9 Å². The van der Waals surface area contributed by atoms with Crippen LogP contribution in [0.25, 0.3) is 0 Å². The topological polar surface area (TPSA) is 73.5 Å². The molecular formula is C18H26N4O2. The molecule has 3 unspecified atom stereocenters. The highest BCUT2D eigenvalue weighted by molar-refractivity contribution is 5.98. The van der Waals surface area contributed by atoms with E-state index < -0.39 is 0 Å². The second kappa shape index (κ2) is 7.77. The van der Waals surface area contributed by atoms with E-state index in [9.17, 15) is 9.59 Å². The Hall–Kier alpha value is -1.92. The molecule has 130 valence electrons. The van der Waals surface area contributed by atoms with Crippen molar-refractivity contribution in [3.05, 3.63) is 30.3 Å². The maximum atomic E-state index is 12.8. The molecule has 1 aromatic carbocycles. The molecular weight excluding hydrogens is 304 g/mol. The number of amides is 2. The van der Waals surface area contributed by atoms with Crippen molar-refractivity contribution in [2.45, 2.75) is 57.2 Å². The maximum absolute atomic E-state index is 12.8. The van der Waals surface area contributed by atoms with Gasteiger partial charge in [-0.1, -0.05) is 31.5 Å². The molecule has 2 aliphatic rings. The van der Waals surface area contributed by atoms with E-state index in [-0.39, 0.29) is 23.9 Å². The monoisotopic (exact) mass is 330 g/mol. The highest BCUT2D eigenvalue weighted by Gasteiger charge is 2.39. The summed E-state index contributed by atoms with van der Waals surface area (Å²) in [5, 5.41) is 2.92. The Morgan fingerprint density at radius 2 is 2.04 bits per heavy atom. The number of anilines is 1. The molecule has 24 heavy (non-hydrogen) atoms. The minimum atomic E-state index is -0.371. The van der Waals surface area contributed by atoms with Gasteiger partial charge in [0.05, 0.1) is 0 Å². The standard InChI is InChI=1S/C18H26N4O2/c1-2-7-14-12-15(21-20-14)18(24)22-11-6-10-16(22)17(23)19-13-8-4-3-5-9-13/h3-5,8-9,14-16,20-21H,2,6-7,10-12H2,1H3,(H,19,23). The lowest BCUT2D eigenvalue weighted by Crippen LogP contribution is -2.50. The Morgan fingerprint density at radius 1 is 1.25 bits per heavy atom. The van der Waals surface area contributed by atoms with Gasteiger partial charge in [0, 0.05) is 18.3 Å². The van der Waals surface area contributed by atoms with Gasteiger partial charge < -0.3 is 10.2 Å². The SMILES string of the molecule is CCCC1CC(C(=O)N2CCCC2C(=O)Nc2ccccc2)NN1. The van der Waals surface area contributed by atoms with Crippen molar-refractivity contribution in [2.24, 2.45) is 0 Å². The van der Waals surface area contributed by atoms with Crippen molar-refractivity contribution < 1.29 is 9.59 Å².